The maximum atomic E-state index is 12.4. The van der Waals surface area contributed by atoms with Crippen LogP contribution in [0.3, 0.4) is 0 Å². The topological polar surface area (TPSA) is 38.1 Å². The number of aryl methyl sites for hydroxylation is 1. The average Bonchev–Trinajstić information content (AvgIpc) is 2.62. The summed E-state index contributed by atoms with van der Waals surface area (Å²) in [5.41, 5.74) is 0.414. The van der Waals surface area contributed by atoms with Gasteiger partial charge in [0.05, 0.1) is 5.69 Å². The predicted molar refractivity (Wildman–Crippen MR) is 55.6 cm³/mol. The third kappa shape index (κ3) is 3.00. The van der Waals surface area contributed by atoms with Gasteiger partial charge in [-0.1, -0.05) is 6.42 Å². The lowest BCUT2D eigenvalue weighted by Gasteiger charge is -2.22. The van der Waals surface area contributed by atoms with E-state index in [-0.39, 0.29) is 11.8 Å². The second-order valence-electron chi connectivity index (χ2n) is 4.37. The number of piperidine rings is 1. The highest BCUT2D eigenvalue weighted by Crippen LogP contribution is 2.30. The Labute approximate surface area is 97.4 Å². The molecule has 0 amide bonds. The van der Waals surface area contributed by atoms with Crippen LogP contribution in [0, 0.1) is 6.92 Å². The third-order valence-electron chi connectivity index (χ3n) is 2.99. The van der Waals surface area contributed by atoms with Crippen molar-refractivity contribution in [3.63, 3.8) is 0 Å². The molecule has 0 radical (unpaired) electrons. The molecule has 17 heavy (non-hydrogen) atoms. The van der Waals surface area contributed by atoms with Gasteiger partial charge in [-0.15, -0.1) is 0 Å². The van der Waals surface area contributed by atoms with Gasteiger partial charge in [-0.3, -0.25) is 0 Å². The van der Waals surface area contributed by atoms with Crippen LogP contribution in [0.1, 0.15) is 36.6 Å². The second-order valence-corrected chi connectivity index (χ2v) is 4.37. The van der Waals surface area contributed by atoms with Crippen molar-refractivity contribution in [2.45, 2.75) is 44.8 Å². The molecule has 1 aromatic heterocycles. The summed E-state index contributed by atoms with van der Waals surface area (Å²) in [6.45, 7) is 2.45. The smallest absolute Gasteiger partial charge is 0.438 e. The fourth-order valence-corrected chi connectivity index (χ4v) is 2.07. The summed E-state index contributed by atoms with van der Waals surface area (Å²) >= 11 is 0. The zero-order valence-corrected chi connectivity index (χ0v) is 9.60. The van der Waals surface area contributed by atoms with Crippen LogP contribution in [-0.4, -0.2) is 17.6 Å². The number of hydrogen-bond donors (Lipinski definition) is 1. The molecule has 0 aliphatic carbocycles. The van der Waals surface area contributed by atoms with Crippen LogP contribution in [-0.2, 0) is 12.6 Å². The highest BCUT2D eigenvalue weighted by Gasteiger charge is 2.38. The van der Waals surface area contributed by atoms with E-state index in [1.54, 1.807) is 0 Å². The number of halogens is 3. The van der Waals surface area contributed by atoms with E-state index in [0.717, 1.165) is 25.8 Å². The standard InChI is InChI=1S/C11H15F3N2O/c1-7-9(6-8-4-2-3-5-15-8)16-10(17-7)11(12,13)14/h8,15H,2-6H2,1H3. The Morgan fingerprint density at radius 1 is 1.41 bits per heavy atom. The SMILES string of the molecule is Cc1oc(C(F)(F)F)nc1CC1CCCCN1. The van der Waals surface area contributed by atoms with E-state index < -0.39 is 12.1 Å². The Hall–Kier alpha value is -1.04. The molecule has 1 aliphatic heterocycles. The van der Waals surface area contributed by atoms with E-state index in [0.29, 0.717) is 12.1 Å². The number of aromatic nitrogens is 1. The van der Waals surface area contributed by atoms with Crippen LogP contribution >= 0.6 is 0 Å². The van der Waals surface area contributed by atoms with E-state index in [4.69, 9.17) is 0 Å². The van der Waals surface area contributed by atoms with Crippen molar-refractivity contribution in [1.82, 2.24) is 10.3 Å². The quantitative estimate of drug-likeness (QED) is 0.874. The molecule has 2 rings (SSSR count). The molecule has 1 atom stereocenters. The Morgan fingerprint density at radius 2 is 2.18 bits per heavy atom. The maximum absolute atomic E-state index is 12.4. The molecule has 0 saturated carbocycles. The van der Waals surface area contributed by atoms with Crippen molar-refractivity contribution < 1.29 is 17.6 Å². The summed E-state index contributed by atoms with van der Waals surface area (Å²) in [4.78, 5) is 3.54. The average molecular weight is 248 g/mol. The lowest BCUT2D eigenvalue weighted by Crippen LogP contribution is -2.35. The minimum absolute atomic E-state index is 0.216. The Balaban J connectivity index is 2.07. The molecule has 1 N–H and O–H groups in total. The Bertz CT molecular complexity index is 381. The highest BCUT2D eigenvalue weighted by atomic mass is 19.4. The second kappa shape index (κ2) is 4.68. The summed E-state index contributed by atoms with van der Waals surface area (Å²) in [7, 11) is 0. The number of alkyl halides is 3. The number of nitrogens with zero attached hydrogens (tertiary/aromatic N) is 1. The molecule has 1 aliphatic rings. The van der Waals surface area contributed by atoms with Crippen LogP contribution < -0.4 is 5.32 Å². The van der Waals surface area contributed by atoms with Gasteiger partial charge in [0.25, 0.3) is 0 Å². The number of nitrogens with one attached hydrogen (secondary N) is 1. The van der Waals surface area contributed by atoms with Gasteiger partial charge in [0.2, 0.25) is 0 Å². The zero-order valence-electron chi connectivity index (χ0n) is 9.60. The minimum atomic E-state index is -4.50. The molecule has 6 heteroatoms. The molecule has 3 nitrogen and oxygen atoms in total. The summed E-state index contributed by atoms with van der Waals surface area (Å²) in [5.74, 6) is -0.870. The van der Waals surface area contributed by atoms with Gasteiger partial charge in [-0.05, 0) is 26.3 Å². The fraction of sp³-hybridized carbons (Fsp3) is 0.727. The predicted octanol–water partition coefficient (Wildman–Crippen LogP) is 2.69. The van der Waals surface area contributed by atoms with E-state index in [1.807, 2.05) is 0 Å². The van der Waals surface area contributed by atoms with Crippen LogP contribution in [0.15, 0.2) is 4.42 Å². The van der Waals surface area contributed by atoms with Crippen molar-refractivity contribution in [1.29, 1.82) is 0 Å². The van der Waals surface area contributed by atoms with Gasteiger partial charge in [-0.25, -0.2) is 4.98 Å². The molecule has 1 aromatic rings. The summed E-state index contributed by atoms with van der Waals surface area (Å²) in [6, 6.07) is 0.216. The van der Waals surface area contributed by atoms with Crippen molar-refractivity contribution in [2.75, 3.05) is 6.54 Å². The first-order valence-corrected chi connectivity index (χ1v) is 5.73. The van der Waals surface area contributed by atoms with E-state index >= 15 is 0 Å². The van der Waals surface area contributed by atoms with E-state index in [9.17, 15) is 13.2 Å². The van der Waals surface area contributed by atoms with Gasteiger partial charge >= 0.3 is 12.1 Å². The molecular formula is C11H15F3N2O. The molecule has 0 bridgehead atoms. The molecule has 0 aromatic carbocycles. The molecule has 1 saturated heterocycles. The molecule has 1 fully saturated rings. The lowest BCUT2D eigenvalue weighted by molar-refractivity contribution is -0.157. The van der Waals surface area contributed by atoms with Gasteiger partial charge < -0.3 is 9.73 Å². The molecule has 0 spiro atoms. The van der Waals surface area contributed by atoms with Crippen molar-refractivity contribution in [3.05, 3.63) is 17.3 Å². The van der Waals surface area contributed by atoms with E-state index in [2.05, 4.69) is 14.7 Å². The van der Waals surface area contributed by atoms with Crippen LogP contribution in [0.2, 0.25) is 0 Å². The number of rotatable bonds is 2. The molecule has 2 heterocycles. The zero-order chi connectivity index (χ0) is 12.5. The maximum Gasteiger partial charge on any atom is 0.468 e. The normalized spacial score (nSPS) is 21.8. The van der Waals surface area contributed by atoms with Gasteiger partial charge in [0.15, 0.2) is 0 Å². The third-order valence-corrected chi connectivity index (χ3v) is 2.99. The summed E-state index contributed by atoms with van der Waals surface area (Å²) < 4.78 is 41.8. The van der Waals surface area contributed by atoms with Crippen molar-refractivity contribution >= 4 is 0 Å². The van der Waals surface area contributed by atoms with Crippen molar-refractivity contribution in [2.24, 2.45) is 0 Å². The number of oxazole rings is 1. The highest BCUT2D eigenvalue weighted by molar-refractivity contribution is 5.11. The first kappa shape index (κ1) is 12.4. The van der Waals surface area contributed by atoms with Gasteiger partial charge in [0, 0.05) is 12.5 Å². The molecule has 96 valence electrons. The molecule has 1 unspecified atom stereocenters. The van der Waals surface area contributed by atoms with Crippen molar-refractivity contribution in [3.8, 4) is 0 Å². The fourth-order valence-electron chi connectivity index (χ4n) is 2.07. The molecular weight excluding hydrogens is 233 g/mol. The Kier molecular flexibility index (Phi) is 3.42. The summed E-state index contributed by atoms with van der Waals surface area (Å²) in [6.07, 6.45) is -0.773. The van der Waals surface area contributed by atoms with Crippen LogP contribution in [0.25, 0.3) is 0 Å². The minimum Gasteiger partial charge on any atom is -0.438 e. The first-order chi connectivity index (χ1) is 7.97. The number of hydrogen-bond acceptors (Lipinski definition) is 3. The largest absolute Gasteiger partial charge is 0.468 e. The van der Waals surface area contributed by atoms with Crippen LogP contribution in [0.5, 0.6) is 0 Å². The first-order valence-electron chi connectivity index (χ1n) is 5.73. The summed E-state index contributed by atoms with van der Waals surface area (Å²) in [5, 5.41) is 3.28. The van der Waals surface area contributed by atoms with Gasteiger partial charge in [-0.2, -0.15) is 13.2 Å². The van der Waals surface area contributed by atoms with Crippen LogP contribution in [0.4, 0.5) is 13.2 Å². The Morgan fingerprint density at radius 3 is 2.71 bits per heavy atom. The van der Waals surface area contributed by atoms with E-state index in [1.165, 1.54) is 6.92 Å². The van der Waals surface area contributed by atoms with Gasteiger partial charge in [0.1, 0.15) is 5.76 Å². The monoisotopic (exact) mass is 248 g/mol. The lowest BCUT2D eigenvalue weighted by atomic mass is 10.0.